The van der Waals surface area contributed by atoms with Crippen LogP contribution in [0.3, 0.4) is 0 Å². The van der Waals surface area contributed by atoms with Gasteiger partial charge in [0.25, 0.3) is 5.91 Å². The number of carboxylic acid groups (broad SMARTS) is 1. The molecule has 0 bridgehead atoms. The number of imidazole rings is 1. The lowest BCUT2D eigenvalue weighted by molar-refractivity contribution is -0.139. The van der Waals surface area contributed by atoms with Gasteiger partial charge in [-0.1, -0.05) is 0 Å². The van der Waals surface area contributed by atoms with Gasteiger partial charge in [0.05, 0.1) is 6.33 Å². The Morgan fingerprint density at radius 1 is 1.53 bits per heavy atom. The number of anilines is 1. The molecule has 0 fully saturated rings. The molecule has 0 aliphatic rings. The Hall–Kier alpha value is -2.91. The van der Waals surface area contributed by atoms with Gasteiger partial charge in [-0.25, -0.2) is 9.78 Å². The number of rotatable bonds is 5. The van der Waals surface area contributed by atoms with E-state index in [1.165, 1.54) is 12.5 Å². The molecule has 10 heteroatoms. The predicted molar refractivity (Wildman–Crippen MR) is 62.0 cm³/mol. The van der Waals surface area contributed by atoms with Crippen LogP contribution >= 0.6 is 0 Å². The van der Waals surface area contributed by atoms with Crippen LogP contribution in [0.4, 0.5) is 5.95 Å². The van der Waals surface area contributed by atoms with Crippen LogP contribution in [0.25, 0.3) is 0 Å². The summed E-state index contributed by atoms with van der Waals surface area (Å²) in [4.78, 5) is 32.9. The Balaban J connectivity index is 2.04. The number of aliphatic carboxylic acids is 1. The Morgan fingerprint density at radius 3 is 2.84 bits per heavy atom. The first-order valence-corrected chi connectivity index (χ1v) is 5.25. The zero-order chi connectivity index (χ0) is 13.8. The van der Waals surface area contributed by atoms with Crippen molar-refractivity contribution in [3.05, 3.63) is 24.0 Å². The number of carbonyl (C=O) groups is 2. The van der Waals surface area contributed by atoms with Crippen LogP contribution in [0.2, 0.25) is 0 Å². The molecule has 0 saturated carbocycles. The highest BCUT2D eigenvalue weighted by molar-refractivity contribution is 5.93. The van der Waals surface area contributed by atoms with Crippen LogP contribution in [0.15, 0.2) is 12.5 Å². The van der Waals surface area contributed by atoms with Gasteiger partial charge in [0.1, 0.15) is 6.04 Å². The minimum absolute atomic E-state index is 0.0741. The van der Waals surface area contributed by atoms with Crippen LogP contribution in [0.1, 0.15) is 16.3 Å². The number of amides is 1. The second-order valence-electron chi connectivity index (χ2n) is 3.69. The van der Waals surface area contributed by atoms with Gasteiger partial charge in [0.2, 0.25) is 11.8 Å². The summed E-state index contributed by atoms with van der Waals surface area (Å²) < 4.78 is 0. The third kappa shape index (κ3) is 3.06. The molecule has 0 aliphatic heterocycles. The number of aromatic amines is 2. The second kappa shape index (κ2) is 5.16. The monoisotopic (exact) mass is 265 g/mol. The maximum absolute atomic E-state index is 11.7. The predicted octanol–water partition coefficient (Wildman–Crippen LogP) is -1.46. The molecule has 0 aliphatic carbocycles. The Bertz CT molecular complexity index is 576. The summed E-state index contributed by atoms with van der Waals surface area (Å²) in [5.74, 6) is -2.11. The fourth-order valence-electron chi connectivity index (χ4n) is 1.42. The van der Waals surface area contributed by atoms with Crippen molar-refractivity contribution >= 4 is 17.8 Å². The van der Waals surface area contributed by atoms with E-state index < -0.39 is 17.9 Å². The fraction of sp³-hybridized carbons (Fsp3) is 0.222. The highest BCUT2D eigenvalue weighted by atomic mass is 16.4. The molecule has 2 heterocycles. The van der Waals surface area contributed by atoms with Crippen molar-refractivity contribution in [3.8, 4) is 0 Å². The smallest absolute Gasteiger partial charge is 0.326 e. The van der Waals surface area contributed by atoms with Crippen molar-refractivity contribution in [2.24, 2.45) is 0 Å². The van der Waals surface area contributed by atoms with E-state index in [4.69, 9.17) is 10.8 Å². The lowest BCUT2D eigenvalue weighted by Gasteiger charge is -2.12. The summed E-state index contributed by atoms with van der Waals surface area (Å²) >= 11 is 0. The van der Waals surface area contributed by atoms with Crippen molar-refractivity contribution in [1.29, 1.82) is 0 Å². The molecule has 2 aromatic heterocycles. The summed E-state index contributed by atoms with van der Waals surface area (Å²) in [7, 11) is 0. The molecule has 2 rings (SSSR count). The third-order valence-electron chi connectivity index (χ3n) is 2.30. The number of nitrogens with one attached hydrogen (secondary N) is 3. The minimum atomic E-state index is -1.17. The summed E-state index contributed by atoms with van der Waals surface area (Å²) in [6.07, 6.45) is 2.98. The molecule has 100 valence electrons. The molecule has 1 atom stereocenters. The van der Waals surface area contributed by atoms with Crippen LogP contribution < -0.4 is 11.1 Å². The average molecular weight is 265 g/mol. The fourth-order valence-corrected chi connectivity index (χ4v) is 1.42. The van der Waals surface area contributed by atoms with Crippen LogP contribution in [0.5, 0.6) is 0 Å². The van der Waals surface area contributed by atoms with Crippen molar-refractivity contribution in [2.45, 2.75) is 12.5 Å². The summed E-state index contributed by atoms with van der Waals surface area (Å²) in [6.45, 7) is 0. The van der Waals surface area contributed by atoms with Crippen molar-refractivity contribution in [1.82, 2.24) is 30.5 Å². The quantitative estimate of drug-likeness (QED) is 0.440. The van der Waals surface area contributed by atoms with Crippen LogP contribution in [-0.2, 0) is 11.2 Å². The largest absolute Gasteiger partial charge is 0.480 e. The Morgan fingerprint density at radius 2 is 2.32 bits per heavy atom. The molecule has 1 unspecified atom stereocenters. The number of carbonyl (C=O) groups excluding carboxylic acids is 1. The van der Waals surface area contributed by atoms with Gasteiger partial charge in [-0.15, -0.1) is 5.10 Å². The first-order chi connectivity index (χ1) is 9.06. The third-order valence-corrected chi connectivity index (χ3v) is 2.30. The molecule has 1 amide bonds. The number of hydrogen-bond donors (Lipinski definition) is 5. The number of nitrogens with zero attached hydrogens (tertiary/aromatic N) is 3. The number of nitrogen functional groups attached to an aromatic ring is 1. The van der Waals surface area contributed by atoms with E-state index in [0.29, 0.717) is 5.69 Å². The SMILES string of the molecule is Nc1n[nH]c(C(=O)NC(Cc2cnc[nH]2)C(=O)O)n1. The minimum Gasteiger partial charge on any atom is -0.480 e. The Kier molecular flexibility index (Phi) is 3.41. The lowest BCUT2D eigenvalue weighted by Crippen LogP contribution is -2.42. The molecule has 0 aromatic carbocycles. The zero-order valence-corrected chi connectivity index (χ0v) is 9.62. The van der Waals surface area contributed by atoms with Gasteiger partial charge in [-0.05, 0) is 0 Å². The molecule has 0 spiro atoms. The molecule has 2 aromatic rings. The van der Waals surface area contributed by atoms with E-state index in [1.807, 2.05) is 0 Å². The number of aromatic nitrogens is 5. The molecule has 0 saturated heterocycles. The second-order valence-corrected chi connectivity index (χ2v) is 3.69. The van der Waals surface area contributed by atoms with Gasteiger partial charge in [0, 0.05) is 18.3 Å². The number of nitrogens with two attached hydrogens (primary N) is 1. The maximum Gasteiger partial charge on any atom is 0.326 e. The highest BCUT2D eigenvalue weighted by Gasteiger charge is 2.23. The Labute approximate surface area is 106 Å². The topological polar surface area (TPSA) is 163 Å². The molecule has 10 nitrogen and oxygen atoms in total. The van der Waals surface area contributed by atoms with E-state index in [9.17, 15) is 9.59 Å². The van der Waals surface area contributed by atoms with Crippen molar-refractivity contribution < 1.29 is 14.7 Å². The average Bonchev–Trinajstić information content (AvgIpc) is 2.99. The van der Waals surface area contributed by atoms with Gasteiger partial charge >= 0.3 is 5.97 Å². The highest BCUT2D eigenvalue weighted by Crippen LogP contribution is 2.01. The van der Waals surface area contributed by atoms with Crippen molar-refractivity contribution in [2.75, 3.05) is 5.73 Å². The van der Waals surface area contributed by atoms with E-state index in [1.54, 1.807) is 0 Å². The summed E-state index contributed by atoms with van der Waals surface area (Å²) in [5.41, 5.74) is 5.84. The zero-order valence-electron chi connectivity index (χ0n) is 9.62. The first-order valence-electron chi connectivity index (χ1n) is 5.25. The van der Waals surface area contributed by atoms with Gasteiger partial charge in [-0.3, -0.25) is 9.89 Å². The molecule has 19 heavy (non-hydrogen) atoms. The summed E-state index contributed by atoms with van der Waals surface area (Å²) in [5, 5.41) is 17.1. The molecular weight excluding hydrogens is 254 g/mol. The van der Waals surface area contributed by atoms with Gasteiger partial charge in [-0.2, -0.15) is 4.98 Å². The summed E-state index contributed by atoms with van der Waals surface area (Å²) in [6, 6.07) is -1.11. The number of hydrogen-bond acceptors (Lipinski definition) is 6. The molecule has 6 N–H and O–H groups in total. The van der Waals surface area contributed by atoms with Crippen molar-refractivity contribution in [3.63, 3.8) is 0 Å². The maximum atomic E-state index is 11.7. The van der Waals surface area contributed by atoms with Crippen LogP contribution in [0, 0.1) is 0 Å². The molecular formula is C9H11N7O3. The van der Waals surface area contributed by atoms with E-state index in [-0.39, 0.29) is 18.2 Å². The van der Waals surface area contributed by atoms with E-state index in [2.05, 4.69) is 30.5 Å². The molecule has 0 radical (unpaired) electrons. The standard InChI is InChI=1S/C9H11N7O3/c10-9-14-6(15-16-9)7(17)13-5(8(18)19)1-4-2-11-3-12-4/h2-3,5H,1H2,(H,11,12)(H,13,17)(H,18,19)(H3,10,14,15,16). The normalized spacial score (nSPS) is 12.0. The van der Waals surface area contributed by atoms with Crippen LogP contribution in [-0.4, -0.2) is 48.2 Å². The lowest BCUT2D eigenvalue weighted by atomic mass is 10.1. The first kappa shape index (κ1) is 12.5. The van der Waals surface area contributed by atoms with E-state index >= 15 is 0 Å². The number of carboxylic acids is 1. The van der Waals surface area contributed by atoms with Gasteiger partial charge < -0.3 is 21.1 Å². The van der Waals surface area contributed by atoms with E-state index in [0.717, 1.165) is 0 Å². The number of H-pyrrole nitrogens is 2. The van der Waals surface area contributed by atoms with Gasteiger partial charge in [0.15, 0.2) is 0 Å².